The van der Waals surface area contributed by atoms with Gasteiger partial charge in [0.05, 0.1) is 5.39 Å². The summed E-state index contributed by atoms with van der Waals surface area (Å²) >= 11 is 1.80. The van der Waals surface area contributed by atoms with Crippen LogP contribution in [0.2, 0.25) is 0 Å². The predicted molar refractivity (Wildman–Crippen MR) is 101 cm³/mol. The van der Waals surface area contributed by atoms with Crippen LogP contribution in [0.25, 0.3) is 10.2 Å². The molecule has 4 N–H and O–H groups in total. The van der Waals surface area contributed by atoms with Gasteiger partial charge in [-0.1, -0.05) is 0 Å². The minimum Gasteiger partial charge on any atom is -0.383 e. The maximum absolute atomic E-state index is 11.3. The number of nitrogens with two attached hydrogens (primary N) is 2. The monoisotopic (exact) mass is 359 g/mol. The SMILES string of the molecule is NC(=O)C1CCN(CCc2nc(N)c3c4c(sc3n2)CCCC4)CC1. The van der Waals surface area contributed by atoms with Gasteiger partial charge in [0.15, 0.2) is 0 Å². The number of piperidine rings is 1. The lowest BCUT2D eigenvalue weighted by Gasteiger charge is -2.30. The van der Waals surface area contributed by atoms with Crippen molar-refractivity contribution in [3.8, 4) is 0 Å². The second kappa shape index (κ2) is 6.88. The molecule has 1 aliphatic heterocycles. The van der Waals surface area contributed by atoms with Crippen LogP contribution < -0.4 is 11.5 Å². The van der Waals surface area contributed by atoms with Crippen molar-refractivity contribution in [3.63, 3.8) is 0 Å². The Morgan fingerprint density at radius 2 is 1.96 bits per heavy atom. The number of nitrogen functional groups attached to an aromatic ring is 1. The summed E-state index contributed by atoms with van der Waals surface area (Å²) in [7, 11) is 0. The van der Waals surface area contributed by atoms with Gasteiger partial charge in [0.25, 0.3) is 0 Å². The molecule has 1 aliphatic carbocycles. The van der Waals surface area contributed by atoms with E-state index in [4.69, 9.17) is 16.5 Å². The number of carbonyl (C=O) groups excluding carboxylic acids is 1. The Labute approximate surface area is 151 Å². The number of rotatable bonds is 4. The van der Waals surface area contributed by atoms with Gasteiger partial charge in [0, 0.05) is 23.8 Å². The maximum Gasteiger partial charge on any atom is 0.220 e. The highest BCUT2D eigenvalue weighted by molar-refractivity contribution is 7.19. The summed E-state index contributed by atoms with van der Waals surface area (Å²) in [6.07, 6.45) is 7.27. The van der Waals surface area contributed by atoms with Crippen LogP contribution >= 0.6 is 11.3 Å². The Morgan fingerprint density at radius 1 is 1.20 bits per heavy atom. The zero-order valence-electron chi connectivity index (χ0n) is 14.5. The van der Waals surface area contributed by atoms with E-state index in [2.05, 4.69) is 9.88 Å². The van der Waals surface area contributed by atoms with Gasteiger partial charge < -0.3 is 16.4 Å². The molecule has 25 heavy (non-hydrogen) atoms. The molecule has 0 aromatic carbocycles. The first kappa shape index (κ1) is 16.7. The largest absolute Gasteiger partial charge is 0.383 e. The molecule has 0 atom stereocenters. The molecule has 0 bridgehead atoms. The minimum atomic E-state index is -0.164. The van der Waals surface area contributed by atoms with Crippen molar-refractivity contribution in [1.82, 2.24) is 14.9 Å². The Morgan fingerprint density at radius 3 is 2.72 bits per heavy atom. The number of aromatic nitrogens is 2. The third-order valence-electron chi connectivity index (χ3n) is 5.53. The number of amides is 1. The van der Waals surface area contributed by atoms with Crippen LogP contribution in [0.3, 0.4) is 0 Å². The second-order valence-electron chi connectivity index (χ2n) is 7.18. The van der Waals surface area contributed by atoms with E-state index in [1.54, 1.807) is 11.3 Å². The lowest BCUT2D eigenvalue weighted by atomic mass is 9.96. The summed E-state index contributed by atoms with van der Waals surface area (Å²) in [5, 5.41) is 1.10. The summed E-state index contributed by atoms with van der Waals surface area (Å²) in [6, 6.07) is 0. The summed E-state index contributed by atoms with van der Waals surface area (Å²) in [6.45, 7) is 2.73. The van der Waals surface area contributed by atoms with Gasteiger partial charge in [-0.3, -0.25) is 4.79 Å². The molecule has 2 aliphatic rings. The average molecular weight is 359 g/mol. The maximum atomic E-state index is 11.3. The molecule has 0 radical (unpaired) electrons. The highest BCUT2D eigenvalue weighted by atomic mass is 32.1. The Hall–Kier alpha value is -1.73. The number of primary amides is 1. The van der Waals surface area contributed by atoms with Crippen LogP contribution in [0.15, 0.2) is 0 Å². The lowest BCUT2D eigenvalue weighted by Crippen LogP contribution is -2.39. The summed E-state index contributed by atoms with van der Waals surface area (Å²) in [4.78, 5) is 25.5. The topological polar surface area (TPSA) is 98.1 Å². The first-order valence-electron chi connectivity index (χ1n) is 9.20. The van der Waals surface area contributed by atoms with Crippen molar-refractivity contribution < 1.29 is 4.79 Å². The molecule has 7 heteroatoms. The zero-order valence-corrected chi connectivity index (χ0v) is 15.3. The molecular weight excluding hydrogens is 334 g/mol. The molecule has 6 nitrogen and oxygen atoms in total. The van der Waals surface area contributed by atoms with Gasteiger partial charge in [0.2, 0.25) is 5.91 Å². The quantitative estimate of drug-likeness (QED) is 0.869. The number of anilines is 1. The number of hydrogen-bond acceptors (Lipinski definition) is 6. The number of likely N-dealkylation sites (tertiary alicyclic amines) is 1. The Kier molecular flexibility index (Phi) is 4.60. The molecule has 3 heterocycles. The fraction of sp³-hybridized carbons (Fsp3) is 0.611. The predicted octanol–water partition coefficient (Wildman–Crippen LogP) is 1.89. The minimum absolute atomic E-state index is 0.0388. The van der Waals surface area contributed by atoms with E-state index < -0.39 is 0 Å². The van der Waals surface area contributed by atoms with Gasteiger partial charge in [-0.15, -0.1) is 11.3 Å². The third kappa shape index (κ3) is 3.35. The van der Waals surface area contributed by atoms with Crippen LogP contribution in [0.5, 0.6) is 0 Å². The zero-order chi connectivity index (χ0) is 17.4. The standard InChI is InChI=1S/C18H25N5OS/c19-16-15-12-3-1-2-4-13(12)25-18(15)22-14(21-16)7-10-23-8-5-11(6-9-23)17(20)24/h11H,1-10H2,(H2,20,24)(H2,19,21,22). The third-order valence-corrected chi connectivity index (χ3v) is 6.72. The number of carbonyl (C=O) groups is 1. The number of nitrogens with zero attached hydrogens (tertiary/aromatic N) is 3. The van der Waals surface area contributed by atoms with Crippen LogP contribution in [0.1, 0.15) is 41.9 Å². The van der Waals surface area contributed by atoms with E-state index in [1.165, 1.54) is 23.3 Å². The second-order valence-corrected chi connectivity index (χ2v) is 8.27. The van der Waals surface area contributed by atoms with Gasteiger partial charge >= 0.3 is 0 Å². The average Bonchev–Trinajstić information content (AvgIpc) is 2.99. The van der Waals surface area contributed by atoms with Crippen LogP contribution in [0.4, 0.5) is 5.82 Å². The molecular formula is C18H25N5OS. The fourth-order valence-corrected chi connectivity index (χ4v) is 5.33. The number of thiophene rings is 1. The highest BCUT2D eigenvalue weighted by Gasteiger charge is 2.23. The molecule has 1 amide bonds. The molecule has 0 unspecified atom stereocenters. The van der Waals surface area contributed by atoms with E-state index in [-0.39, 0.29) is 11.8 Å². The van der Waals surface area contributed by atoms with E-state index in [0.29, 0.717) is 5.82 Å². The number of fused-ring (bicyclic) bond motifs is 3. The Balaban J connectivity index is 1.45. The van der Waals surface area contributed by atoms with E-state index in [9.17, 15) is 4.79 Å². The summed E-state index contributed by atoms with van der Waals surface area (Å²) in [5.74, 6) is 1.35. The van der Waals surface area contributed by atoms with Crippen LogP contribution in [-0.4, -0.2) is 40.4 Å². The van der Waals surface area contributed by atoms with Crippen molar-refractivity contribution in [3.05, 3.63) is 16.3 Å². The van der Waals surface area contributed by atoms with Crippen molar-refractivity contribution >= 4 is 33.3 Å². The van der Waals surface area contributed by atoms with Crippen molar-refractivity contribution in [2.75, 3.05) is 25.4 Å². The summed E-state index contributed by atoms with van der Waals surface area (Å²) in [5.41, 5.74) is 13.1. The number of aryl methyl sites for hydroxylation is 2. The highest BCUT2D eigenvalue weighted by Crippen LogP contribution is 2.37. The van der Waals surface area contributed by atoms with E-state index >= 15 is 0 Å². The van der Waals surface area contributed by atoms with Gasteiger partial charge in [-0.25, -0.2) is 9.97 Å². The molecule has 1 saturated heterocycles. The van der Waals surface area contributed by atoms with Gasteiger partial charge in [-0.05, 0) is 57.2 Å². The molecule has 2 aromatic heterocycles. The molecule has 0 spiro atoms. The fourth-order valence-electron chi connectivity index (χ4n) is 4.04. The molecule has 0 saturated carbocycles. The summed E-state index contributed by atoms with van der Waals surface area (Å²) < 4.78 is 0. The molecule has 1 fully saturated rings. The first-order chi connectivity index (χ1) is 12.1. The molecule has 134 valence electrons. The number of hydrogen-bond donors (Lipinski definition) is 2. The van der Waals surface area contributed by atoms with Gasteiger partial charge in [0.1, 0.15) is 16.5 Å². The normalized spacial score (nSPS) is 19.2. The molecule has 4 rings (SSSR count). The first-order valence-corrected chi connectivity index (χ1v) is 10.0. The van der Waals surface area contributed by atoms with Crippen molar-refractivity contribution in [2.24, 2.45) is 11.7 Å². The van der Waals surface area contributed by atoms with Gasteiger partial charge in [-0.2, -0.15) is 0 Å². The lowest BCUT2D eigenvalue weighted by molar-refractivity contribution is -0.123. The Bertz CT molecular complexity index is 794. The van der Waals surface area contributed by atoms with E-state index in [0.717, 1.165) is 67.8 Å². The smallest absolute Gasteiger partial charge is 0.220 e. The van der Waals surface area contributed by atoms with Crippen LogP contribution in [0, 0.1) is 5.92 Å². The van der Waals surface area contributed by atoms with E-state index in [1.807, 2.05) is 0 Å². The van der Waals surface area contributed by atoms with Crippen molar-refractivity contribution in [1.29, 1.82) is 0 Å². The van der Waals surface area contributed by atoms with Crippen molar-refractivity contribution in [2.45, 2.75) is 44.9 Å². The molecule has 2 aromatic rings. The van der Waals surface area contributed by atoms with Crippen LogP contribution in [-0.2, 0) is 24.1 Å².